The van der Waals surface area contributed by atoms with E-state index >= 15 is 0 Å². The number of nitriles is 1. The molecule has 0 amide bonds. The Bertz CT molecular complexity index is 2820. The molecule has 2 heterocycles. The maximum Gasteiger partial charge on any atom is 0.164 e. The lowest BCUT2D eigenvalue weighted by Crippen LogP contribution is -2.34. The lowest BCUT2D eigenvalue weighted by atomic mass is 9.62. The van der Waals surface area contributed by atoms with Crippen LogP contribution in [0.5, 0.6) is 11.5 Å². The molecule has 0 fully saturated rings. The summed E-state index contributed by atoms with van der Waals surface area (Å²) in [7, 11) is 0. The van der Waals surface area contributed by atoms with Crippen molar-refractivity contribution in [3.05, 3.63) is 209 Å². The second kappa shape index (κ2) is 14.9. The Kier molecular flexibility index (Phi) is 9.52. The average molecular weight is 779 g/mol. The van der Waals surface area contributed by atoms with Crippen molar-refractivity contribution in [3.63, 3.8) is 0 Å². The monoisotopic (exact) mass is 778 g/mol. The summed E-state index contributed by atoms with van der Waals surface area (Å²) in [5.74, 6) is 3.35. The molecule has 7 aromatic carbocycles. The van der Waals surface area contributed by atoms with Crippen LogP contribution >= 0.6 is 0 Å². The Hall–Kier alpha value is -7.16. The summed E-state index contributed by atoms with van der Waals surface area (Å²) >= 11 is 0. The molecule has 0 bridgehead atoms. The Labute approximate surface area is 353 Å². The zero-order valence-electron chi connectivity index (χ0n) is 34.9. The van der Waals surface area contributed by atoms with E-state index in [-0.39, 0.29) is 10.8 Å². The van der Waals surface area contributed by atoms with Crippen molar-refractivity contribution < 1.29 is 4.74 Å². The average Bonchev–Trinajstić information content (AvgIpc) is 3.28. The van der Waals surface area contributed by atoms with Crippen LogP contribution in [0.25, 0.3) is 45.3 Å². The smallest absolute Gasteiger partial charge is 0.164 e. The number of nitrogens with zero attached hydrogens (tertiary/aromatic N) is 4. The maximum atomic E-state index is 9.40. The first kappa shape index (κ1) is 38.4. The third-order valence-electron chi connectivity index (χ3n) is 11.7. The van der Waals surface area contributed by atoms with Crippen LogP contribution in [0.3, 0.4) is 0 Å². The SMILES string of the molecule is CC(C)(C)c1ccc(C2(c3ccc(C(C)(C)C)cc3)c3ccccc3Oc3c(-c4ccc(-c5nc(-c6ccccc6)nc(-c6ccc(C#N)cc6)n5)cc4)cccc32)cc1. The van der Waals surface area contributed by atoms with Gasteiger partial charge >= 0.3 is 0 Å². The van der Waals surface area contributed by atoms with Crippen LogP contribution < -0.4 is 4.74 Å². The number of rotatable bonds is 6. The lowest BCUT2D eigenvalue weighted by Gasteiger charge is -2.42. The molecule has 1 aromatic heterocycles. The minimum atomic E-state index is -0.659. The zero-order chi connectivity index (χ0) is 41.6. The highest BCUT2D eigenvalue weighted by atomic mass is 16.5. The Morgan fingerprint density at radius 3 is 1.42 bits per heavy atom. The van der Waals surface area contributed by atoms with Crippen LogP contribution in [0, 0.1) is 11.3 Å². The van der Waals surface area contributed by atoms with Gasteiger partial charge in [0.05, 0.1) is 17.0 Å². The van der Waals surface area contributed by atoms with Gasteiger partial charge in [0.2, 0.25) is 0 Å². The van der Waals surface area contributed by atoms with Gasteiger partial charge in [-0.2, -0.15) is 5.26 Å². The van der Waals surface area contributed by atoms with Gasteiger partial charge in [-0.15, -0.1) is 0 Å². The normalized spacial score (nSPS) is 13.1. The molecule has 0 spiro atoms. The van der Waals surface area contributed by atoms with Gasteiger partial charge < -0.3 is 4.74 Å². The molecule has 1 aliphatic rings. The van der Waals surface area contributed by atoms with Crippen molar-refractivity contribution in [2.45, 2.75) is 57.8 Å². The van der Waals surface area contributed by atoms with Crippen molar-refractivity contribution in [3.8, 4) is 62.9 Å². The summed E-state index contributed by atoms with van der Waals surface area (Å²) in [6, 6.07) is 61.3. The number of aromatic nitrogens is 3. The van der Waals surface area contributed by atoms with Crippen molar-refractivity contribution in [1.82, 2.24) is 15.0 Å². The summed E-state index contributed by atoms with van der Waals surface area (Å²) in [6.07, 6.45) is 0. The van der Waals surface area contributed by atoms with Gasteiger partial charge in [0.15, 0.2) is 17.5 Å². The third kappa shape index (κ3) is 6.84. The van der Waals surface area contributed by atoms with E-state index in [4.69, 9.17) is 19.7 Å². The first-order chi connectivity index (χ1) is 28.9. The van der Waals surface area contributed by atoms with Gasteiger partial charge in [0.25, 0.3) is 0 Å². The third-order valence-corrected chi connectivity index (χ3v) is 11.7. The van der Waals surface area contributed by atoms with Gasteiger partial charge in [0.1, 0.15) is 11.5 Å². The fourth-order valence-electron chi connectivity index (χ4n) is 8.36. The number of hydrogen-bond donors (Lipinski definition) is 0. The molecule has 0 radical (unpaired) electrons. The van der Waals surface area contributed by atoms with E-state index in [0.29, 0.717) is 23.0 Å². The van der Waals surface area contributed by atoms with Crippen LogP contribution in [0.15, 0.2) is 170 Å². The first-order valence-electron chi connectivity index (χ1n) is 20.5. The molecule has 5 nitrogen and oxygen atoms in total. The Balaban J connectivity index is 1.20. The van der Waals surface area contributed by atoms with Crippen LogP contribution in [0.2, 0.25) is 0 Å². The summed E-state index contributed by atoms with van der Waals surface area (Å²) in [4.78, 5) is 14.8. The summed E-state index contributed by atoms with van der Waals surface area (Å²) < 4.78 is 7.02. The second-order valence-corrected chi connectivity index (χ2v) is 17.6. The number of fused-ring (bicyclic) bond motifs is 2. The minimum Gasteiger partial charge on any atom is -0.456 e. The van der Waals surface area contributed by atoms with Gasteiger partial charge in [0, 0.05) is 33.4 Å². The highest BCUT2D eigenvalue weighted by Gasteiger charge is 2.46. The molecule has 0 unspecified atom stereocenters. The van der Waals surface area contributed by atoms with Crippen molar-refractivity contribution in [2.24, 2.45) is 0 Å². The van der Waals surface area contributed by atoms with Crippen LogP contribution in [-0.4, -0.2) is 15.0 Å². The maximum absolute atomic E-state index is 9.40. The van der Waals surface area contributed by atoms with E-state index in [9.17, 15) is 5.26 Å². The molecule has 1 aliphatic heterocycles. The van der Waals surface area contributed by atoms with Gasteiger partial charge in [-0.1, -0.05) is 181 Å². The Morgan fingerprint density at radius 2 is 0.900 bits per heavy atom. The predicted molar refractivity (Wildman–Crippen MR) is 242 cm³/mol. The fourth-order valence-corrected chi connectivity index (χ4v) is 8.36. The van der Waals surface area contributed by atoms with E-state index in [1.165, 1.54) is 22.3 Å². The van der Waals surface area contributed by atoms with Crippen molar-refractivity contribution in [1.29, 1.82) is 5.26 Å². The molecular weight excluding hydrogens is 733 g/mol. The van der Waals surface area contributed by atoms with E-state index in [1.54, 1.807) is 12.1 Å². The van der Waals surface area contributed by atoms with Gasteiger partial charge in [-0.3, -0.25) is 0 Å². The molecule has 0 atom stereocenters. The largest absolute Gasteiger partial charge is 0.456 e. The van der Waals surface area contributed by atoms with E-state index in [0.717, 1.165) is 50.4 Å². The highest BCUT2D eigenvalue weighted by Crippen LogP contribution is 2.57. The second-order valence-electron chi connectivity index (χ2n) is 17.6. The summed E-state index contributed by atoms with van der Waals surface area (Å²) in [5, 5.41) is 9.40. The molecule has 292 valence electrons. The molecule has 8 aromatic rings. The summed E-state index contributed by atoms with van der Waals surface area (Å²) in [5.41, 5.74) is 11.7. The highest BCUT2D eigenvalue weighted by molar-refractivity contribution is 5.81. The number of ether oxygens (including phenoxy) is 1. The Morgan fingerprint density at radius 1 is 0.450 bits per heavy atom. The van der Waals surface area contributed by atoms with E-state index < -0.39 is 5.41 Å². The van der Waals surface area contributed by atoms with Crippen LogP contribution in [-0.2, 0) is 16.2 Å². The number of para-hydroxylation sites is 2. The quantitative estimate of drug-likeness (QED) is 0.168. The lowest BCUT2D eigenvalue weighted by molar-refractivity contribution is 0.436. The molecule has 0 aliphatic carbocycles. The van der Waals surface area contributed by atoms with Crippen LogP contribution in [0.4, 0.5) is 0 Å². The van der Waals surface area contributed by atoms with Gasteiger partial charge in [-0.25, -0.2) is 15.0 Å². The minimum absolute atomic E-state index is 0.0144. The number of hydrogen-bond acceptors (Lipinski definition) is 5. The standard InChI is InChI=1S/C55H46N4O/c1-53(2,3)41-27-31-43(32-28-41)55(44-33-29-42(30-34-44)54(4,5)6)46-16-10-11-18-48(46)60-49-45(15-12-17-47(49)55)37-23-25-40(26-24-37)52-58-50(38-13-8-7-9-14-38)57-51(59-52)39-21-19-36(35-56)20-22-39/h7-34H,1-6H3. The van der Waals surface area contributed by atoms with E-state index in [1.807, 2.05) is 42.5 Å². The summed E-state index contributed by atoms with van der Waals surface area (Å²) in [6.45, 7) is 13.6. The van der Waals surface area contributed by atoms with E-state index in [2.05, 4.69) is 163 Å². The van der Waals surface area contributed by atoms with Crippen molar-refractivity contribution in [2.75, 3.05) is 0 Å². The topological polar surface area (TPSA) is 71.7 Å². The molecule has 9 rings (SSSR count). The molecule has 60 heavy (non-hydrogen) atoms. The zero-order valence-corrected chi connectivity index (χ0v) is 34.9. The van der Waals surface area contributed by atoms with Crippen molar-refractivity contribution >= 4 is 0 Å². The molecule has 5 heteroatoms. The number of benzene rings is 7. The molecular formula is C55H46N4O. The van der Waals surface area contributed by atoms with Gasteiger partial charge in [-0.05, 0) is 69.0 Å². The first-order valence-corrected chi connectivity index (χ1v) is 20.5. The van der Waals surface area contributed by atoms with Crippen LogP contribution in [0.1, 0.15) is 80.5 Å². The molecule has 0 saturated heterocycles. The predicted octanol–water partition coefficient (Wildman–Crippen LogP) is 13.5. The fraction of sp³-hybridized carbons (Fsp3) is 0.164. The molecule has 0 N–H and O–H groups in total. The molecule has 0 saturated carbocycles.